The highest BCUT2D eigenvalue weighted by Crippen LogP contribution is 2.37. The maximum atomic E-state index is 15.7. The minimum absolute atomic E-state index is 0.0177. The van der Waals surface area contributed by atoms with Gasteiger partial charge in [-0.25, -0.2) is 14.2 Å². The molecule has 4 heterocycles. The third-order valence-corrected chi connectivity index (χ3v) is 14.3. The second kappa shape index (κ2) is 24.5. The molecule has 18 nitrogen and oxygen atoms in total. The Morgan fingerprint density at radius 3 is 2.08 bits per heavy atom. The number of thiazole rings is 1. The van der Waals surface area contributed by atoms with E-state index in [1.54, 1.807) is 38.4 Å². The Bertz CT molecular complexity index is 3130. The molecule has 2 aliphatic heterocycles. The van der Waals surface area contributed by atoms with E-state index >= 15 is 4.39 Å². The van der Waals surface area contributed by atoms with E-state index in [4.69, 9.17) is 9.90 Å². The van der Waals surface area contributed by atoms with Gasteiger partial charge in [0.2, 0.25) is 23.3 Å². The molecule has 0 spiro atoms. The molecule has 0 radical (unpaired) electrons. The zero-order valence-electron chi connectivity index (χ0n) is 43.7. The van der Waals surface area contributed by atoms with Crippen molar-refractivity contribution >= 4 is 58.2 Å². The van der Waals surface area contributed by atoms with Crippen molar-refractivity contribution in [3.05, 3.63) is 123 Å². The number of likely N-dealkylation sites (tertiary alicyclic amines) is 1. The third kappa shape index (κ3) is 15.1. The van der Waals surface area contributed by atoms with Crippen LogP contribution in [0.3, 0.4) is 0 Å². The van der Waals surface area contributed by atoms with Gasteiger partial charge in [0.25, 0.3) is 11.8 Å². The second-order valence-electron chi connectivity index (χ2n) is 20.2. The van der Waals surface area contributed by atoms with Crippen LogP contribution in [0.4, 0.5) is 42.1 Å². The summed E-state index contributed by atoms with van der Waals surface area (Å²) >= 11 is 1.53. The number of carboxylic acids is 1. The Morgan fingerprint density at radius 2 is 1.49 bits per heavy atom. The van der Waals surface area contributed by atoms with E-state index in [1.165, 1.54) is 34.4 Å². The average Bonchev–Trinajstić information content (AvgIpc) is 4.02. The first kappa shape index (κ1) is 60.5. The molecule has 0 bridgehead atoms. The molecule has 3 aromatic carbocycles. The number of H-pyrrole nitrogens is 1. The zero-order chi connectivity index (χ0) is 58.5. The van der Waals surface area contributed by atoms with E-state index in [-0.39, 0.29) is 54.0 Å². The number of pyridine rings is 1. The Kier molecular flexibility index (Phi) is 18.8. The number of aromatic amines is 1. The molecular formula is C53H58F7N9O9S. The Balaban J connectivity index is 0.00000135. The summed E-state index contributed by atoms with van der Waals surface area (Å²) in [6.45, 7) is 11.4. The standard InChI is InChI=1S/C51H57F4N9O7S.C2HF3O2/c1-27-23-63(24-28(2)62(27)7)40-15-13-32(17-39(40)60-47(69)36-21-56-42(66)19-37(36)51(53,54)55)35-16-33(12-14-38(35)52)46(68)58-22-43(67)61-45(50(4,5)6)49(71)64-25-34(65)18-41(64)48(70)57-20-30-8-10-31(11-9-30)44-29(3)59-26-72-44;3-2(4,5)1(6)7/h8-17,19,21,26-28,34,41,45,65H,18,20,22-25H2,1-7H3,(H,56,66)(H,57,70)(H,58,68)(H,60,69)(H,61,67);(H,6,7)/t27-,28+,34-,41+,45-;/m1./s1. The number of nitrogens with one attached hydrogen (secondary N) is 5. The number of aliphatic hydroxyl groups excluding tert-OH is 1. The number of aromatic nitrogens is 2. The lowest BCUT2D eigenvalue weighted by Crippen LogP contribution is -2.58. The first-order chi connectivity index (χ1) is 36.8. The van der Waals surface area contributed by atoms with E-state index in [0.29, 0.717) is 31.0 Å². The van der Waals surface area contributed by atoms with Crippen LogP contribution in [0.2, 0.25) is 0 Å². The molecule has 2 fully saturated rings. The van der Waals surface area contributed by atoms with E-state index in [2.05, 4.69) is 36.1 Å². The van der Waals surface area contributed by atoms with Crippen molar-refractivity contribution in [3.8, 4) is 21.6 Å². The van der Waals surface area contributed by atoms with Gasteiger partial charge >= 0.3 is 18.3 Å². The highest BCUT2D eigenvalue weighted by atomic mass is 32.1. The molecule has 5 amide bonds. The molecular weight excluding hydrogens is 1070 g/mol. The van der Waals surface area contributed by atoms with Gasteiger partial charge in [0, 0.05) is 68.1 Å². The molecule has 7 rings (SSSR count). The molecule has 5 atom stereocenters. The zero-order valence-corrected chi connectivity index (χ0v) is 44.5. The number of anilines is 2. The molecule has 5 aromatic rings. The molecule has 2 aliphatic rings. The van der Waals surface area contributed by atoms with Gasteiger partial charge in [0.05, 0.1) is 51.2 Å². The number of hydrogen-bond acceptors (Lipinski definition) is 12. The minimum Gasteiger partial charge on any atom is -0.475 e. The Hall–Kier alpha value is -7.71. The first-order valence-electron chi connectivity index (χ1n) is 24.5. The summed E-state index contributed by atoms with van der Waals surface area (Å²) in [4.78, 5) is 102. The van der Waals surface area contributed by atoms with Crippen molar-refractivity contribution in [2.45, 2.75) is 97.1 Å². The molecule has 424 valence electrons. The van der Waals surface area contributed by atoms with E-state index in [0.717, 1.165) is 27.8 Å². The van der Waals surface area contributed by atoms with Crippen LogP contribution in [-0.2, 0) is 31.9 Å². The van der Waals surface area contributed by atoms with Crippen LogP contribution >= 0.6 is 11.3 Å². The number of hydrogen-bond donors (Lipinski definition) is 7. The quantitative estimate of drug-likeness (QED) is 0.0618. The minimum atomic E-state index is -5.08. The smallest absolute Gasteiger partial charge is 0.475 e. The first-order valence-corrected chi connectivity index (χ1v) is 25.4. The summed E-state index contributed by atoms with van der Waals surface area (Å²) in [5.74, 6) is -7.35. The van der Waals surface area contributed by atoms with Crippen LogP contribution in [0.15, 0.2) is 83.2 Å². The van der Waals surface area contributed by atoms with Gasteiger partial charge in [-0.3, -0.25) is 33.7 Å². The van der Waals surface area contributed by atoms with Gasteiger partial charge in [-0.15, -0.1) is 11.3 Å². The summed E-state index contributed by atoms with van der Waals surface area (Å²) in [5.41, 5.74) is 0.686. The highest BCUT2D eigenvalue weighted by molar-refractivity contribution is 7.13. The van der Waals surface area contributed by atoms with Gasteiger partial charge in [-0.1, -0.05) is 51.1 Å². The van der Waals surface area contributed by atoms with Crippen LogP contribution in [-0.4, -0.2) is 135 Å². The Labute approximate surface area is 452 Å². The average molecular weight is 1130 g/mol. The number of amides is 5. The summed E-state index contributed by atoms with van der Waals surface area (Å²) in [5, 5.41) is 28.4. The lowest BCUT2D eigenvalue weighted by Gasteiger charge is -2.44. The normalized spacial score (nSPS) is 18.2. The molecule has 7 N–H and O–H groups in total. The fourth-order valence-electron chi connectivity index (χ4n) is 8.91. The number of likely N-dealkylation sites (N-methyl/N-ethyl adjacent to an activating group) is 1. The Morgan fingerprint density at radius 1 is 0.861 bits per heavy atom. The number of β-amino-alcohol motifs (C(OH)–C–C–N with tert-alkyl or cyclic N) is 1. The van der Waals surface area contributed by atoms with Crippen LogP contribution in [0, 0.1) is 18.2 Å². The molecule has 0 saturated carbocycles. The molecule has 0 unspecified atom stereocenters. The van der Waals surface area contributed by atoms with Crippen molar-refractivity contribution in [1.29, 1.82) is 0 Å². The third-order valence-electron chi connectivity index (χ3n) is 13.3. The maximum absolute atomic E-state index is 15.7. The number of aliphatic hydroxyl groups is 1. The van der Waals surface area contributed by atoms with Crippen LogP contribution in [0.5, 0.6) is 0 Å². The van der Waals surface area contributed by atoms with Gasteiger partial charge in [-0.2, -0.15) is 26.3 Å². The van der Waals surface area contributed by atoms with Crippen LogP contribution in [0.25, 0.3) is 21.6 Å². The fraction of sp³-hybridized carbons (Fsp3) is 0.396. The van der Waals surface area contributed by atoms with Gasteiger partial charge in [0.1, 0.15) is 17.9 Å². The number of halogens is 7. The fourth-order valence-corrected chi connectivity index (χ4v) is 9.72. The van der Waals surface area contributed by atoms with Gasteiger partial charge in [-0.05, 0) is 80.3 Å². The van der Waals surface area contributed by atoms with E-state index in [1.807, 2.05) is 57.0 Å². The molecule has 2 saturated heterocycles. The SMILES string of the molecule is Cc1ncsc1-c1ccc(CNC(=O)[C@@H]2C[C@@H](O)CN2C(=O)[C@@H](NC(=O)CNC(=O)c2ccc(F)c(-c3ccc(N4C[C@@H](C)N(C)[C@@H](C)C4)c(NC(=O)c4c[nH]c(=O)cc4C(F)(F)F)c3)c2)C(C)(C)C)cc1.O=C(O)C(F)(F)F. The largest absolute Gasteiger partial charge is 0.490 e. The summed E-state index contributed by atoms with van der Waals surface area (Å²) in [6.07, 6.45) is -10.5. The van der Waals surface area contributed by atoms with Crippen molar-refractivity contribution in [3.63, 3.8) is 0 Å². The number of nitrogens with zero attached hydrogens (tertiary/aromatic N) is 4. The number of carbonyl (C=O) groups excluding carboxylic acids is 5. The van der Waals surface area contributed by atoms with Crippen molar-refractivity contribution in [1.82, 2.24) is 35.7 Å². The van der Waals surface area contributed by atoms with Crippen molar-refractivity contribution in [2.24, 2.45) is 5.41 Å². The maximum Gasteiger partial charge on any atom is 0.490 e. The number of alkyl halides is 6. The number of aryl methyl sites for hydroxylation is 1. The monoisotopic (exact) mass is 1130 g/mol. The molecule has 0 aliphatic carbocycles. The van der Waals surface area contributed by atoms with Crippen LogP contribution < -0.4 is 31.7 Å². The lowest BCUT2D eigenvalue weighted by atomic mass is 9.85. The summed E-state index contributed by atoms with van der Waals surface area (Å²) in [7, 11) is 1.96. The van der Waals surface area contributed by atoms with Gasteiger partial charge < -0.3 is 46.3 Å². The van der Waals surface area contributed by atoms with Crippen LogP contribution in [0.1, 0.15) is 78.6 Å². The van der Waals surface area contributed by atoms with E-state index in [9.17, 15) is 60.2 Å². The number of rotatable bonds is 13. The summed E-state index contributed by atoms with van der Waals surface area (Å²) in [6, 6.07) is 13.8. The number of benzene rings is 3. The highest BCUT2D eigenvalue weighted by Gasteiger charge is 2.45. The number of carbonyl (C=O) groups is 6. The molecule has 2 aromatic heterocycles. The molecule has 26 heteroatoms. The second-order valence-corrected chi connectivity index (χ2v) is 21.1. The predicted octanol–water partition coefficient (Wildman–Crippen LogP) is 6.59. The number of aliphatic carboxylic acids is 1. The van der Waals surface area contributed by atoms with E-state index < -0.39 is 101 Å². The predicted molar refractivity (Wildman–Crippen MR) is 278 cm³/mol. The van der Waals surface area contributed by atoms with Crippen molar-refractivity contribution < 1.29 is 69.7 Å². The van der Waals surface area contributed by atoms with Crippen molar-refractivity contribution in [2.75, 3.05) is 43.4 Å². The number of piperazine rings is 1. The summed E-state index contributed by atoms with van der Waals surface area (Å²) < 4.78 is 89.5. The molecule has 79 heavy (non-hydrogen) atoms. The topological polar surface area (TPSA) is 246 Å². The number of carboxylic acid groups (broad SMARTS) is 1. The van der Waals surface area contributed by atoms with Gasteiger partial charge in [0.15, 0.2) is 0 Å². The lowest BCUT2D eigenvalue weighted by molar-refractivity contribution is -0.192.